The molecule has 2 N–H and O–H groups in total. The average Bonchev–Trinajstić information content (AvgIpc) is 2.40. The van der Waals surface area contributed by atoms with Gasteiger partial charge >= 0.3 is 6.18 Å². The lowest BCUT2D eigenvalue weighted by Crippen LogP contribution is -2.16. The van der Waals surface area contributed by atoms with E-state index in [9.17, 15) is 22.0 Å². The number of rotatable bonds is 2. The molecule has 1 nitrogen and oxygen atoms in total. The van der Waals surface area contributed by atoms with E-state index in [-0.39, 0.29) is 16.1 Å². The second-order valence-corrected chi connectivity index (χ2v) is 4.76. The lowest BCUT2D eigenvalue weighted by atomic mass is 9.97. The Morgan fingerprint density at radius 2 is 1.71 bits per heavy atom. The monoisotopic (exact) mass is 321 g/mol. The first-order valence-electron chi connectivity index (χ1n) is 5.78. The zero-order valence-electron chi connectivity index (χ0n) is 10.4. The van der Waals surface area contributed by atoms with Crippen molar-refractivity contribution < 1.29 is 22.0 Å². The van der Waals surface area contributed by atoms with Crippen molar-refractivity contribution in [3.05, 3.63) is 69.7 Å². The Kier molecular flexibility index (Phi) is 4.20. The van der Waals surface area contributed by atoms with E-state index in [1.165, 1.54) is 18.2 Å². The fraction of sp³-hybridized carbons (Fsp3) is 0.143. The van der Waals surface area contributed by atoms with Crippen LogP contribution in [0.15, 0.2) is 36.4 Å². The van der Waals surface area contributed by atoms with Crippen molar-refractivity contribution in [2.75, 3.05) is 0 Å². The number of hydrogen-bond acceptors (Lipinski definition) is 1. The van der Waals surface area contributed by atoms with Crippen molar-refractivity contribution >= 4 is 11.6 Å². The van der Waals surface area contributed by atoms with E-state index in [1.54, 1.807) is 0 Å². The molecule has 7 heteroatoms. The molecule has 0 bridgehead atoms. The molecule has 2 aromatic carbocycles. The Bertz CT molecular complexity index is 669. The summed E-state index contributed by atoms with van der Waals surface area (Å²) < 4.78 is 65.0. The summed E-state index contributed by atoms with van der Waals surface area (Å²) in [6, 6.07) is 5.14. The van der Waals surface area contributed by atoms with E-state index < -0.39 is 29.4 Å². The lowest BCUT2D eigenvalue weighted by molar-refractivity contribution is -0.140. The Hall–Kier alpha value is -1.66. The molecule has 0 saturated heterocycles. The molecule has 112 valence electrons. The van der Waals surface area contributed by atoms with Crippen molar-refractivity contribution in [2.45, 2.75) is 12.2 Å². The van der Waals surface area contributed by atoms with Gasteiger partial charge in [-0.3, -0.25) is 0 Å². The first-order valence-corrected chi connectivity index (χ1v) is 6.15. The summed E-state index contributed by atoms with van der Waals surface area (Å²) in [4.78, 5) is 0. The number of nitrogens with two attached hydrogens (primary N) is 1. The van der Waals surface area contributed by atoms with Gasteiger partial charge in [0.2, 0.25) is 0 Å². The zero-order valence-corrected chi connectivity index (χ0v) is 11.1. The minimum Gasteiger partial charge on any atom is -0.320 e. The predicted molar refractivity (Wildman–Crippen MR) is 68.8 cm³/mol. The van der Waals surface area contributed by atoms with E-state index >= 15 is 0 Å². The van der Waals surface area contributed by atoms with Gasteiger partial charge in [0.1, 0.15) is 11.6 Å². The van der Waals surface area contributed by atoms with Gasteiger partial charge in [-0.15, -0.1) is 0 Å². The molecule has 1 atom stereocenters. The van der Waals surface area contributed by atoms with Gasteiger partial charge in [-0.1, -0.05) is 29.8 Å². The van der Waals surface area contributed by atoms with Gasteiger partial charge in [0.15, 0.2) is 0 Å². The first kappa shape index (κ1) is 15.7. The first-order chi connectivity index (χ1) is 9.71. The highest BCUT2D eigenvalue weighted by atomic mass is 35.5. The maximum Gasteiger partial charge on any atom is 0.419 e. The van der Waals surface area contributed by atoms with Crippen LogP contribution in [0, 0.1) is 11.6 Å². The SMILES string of the molecule is NC(c1ccc(F)c(C(F)(F)F)c1)c1cccc(Cl)c1F. The predicted octanol–water partition coefficient (Wildman–Crippen LogP) is 4.69. The molecule has 0 heterocycles. The summed E-state index contributed by atoms with van der Waals surface area (Å²) >= 11 is 5.60. The van der Waals surface area contributed by atoms with Crippen molar-refractivity contribution in [3.63, 3.8) is 0 Å². The van der Waals surface area contributed by atoms with Crippen LogP contribution in [0.25, 0.3) is 0 Å². The van der Waals surface area contributed by atoms with Gasteiger partial charge in [0.05, 0.1) is 16.6 Å². The van der Waals surface area contributed by atoms with Crippen molar-refractivity contribution in [1.29, 1.82) is 0 Å². The Morgan fingerprint density at radius 1 is 1.05 bits per heavy atom. The number of benzene rings is 2. The van der Waals surface area contributed by atoms with Gasteiger partial charge < -0.3 is 5.73 Å². The molecule has 1 unspecified atom stereocenters. The summed E-state index contributed by atoms with van der Waals surface area (Å²) in [6.45, 7) is 0. The van der Waals surface area contributed by atoms with Crippen LogP contribution in [-0.2, 0) is 6.18 Å². The number of hydrogen-bond donors (Lipinski definition) is 1. The van der Waals surface area contributed by atoms with Crippen LogP contribution in [0.1, 0.15) is 22.7 Å². The quantitative estimate of drug-likeness (QED) is 0.798. The number of alkyl halides is 3. The highest BCUT2D eigenvalue weighted by molar-refractivity contribution is 6.30. The third kappa shape index (κ3) is 3.16. The van der Waals surface area contributed by atoms with Crippen LogP contribution in [-0.4, -0.2) is 0 Å². The minimum atomic E-state index is -4.85. The molecule has 0 radical (unpaired) electrons. The normalized spacial score (nSPS) is 13.3. The largest absolute Gasteiger partial charge is 0.419 e. The van der Waals surface area contributed by atoms with Crippen LogP contribution in [0.2, 0.25) is 5.02 Å². The fourth-order valence-corrected chi connectivity index (χ4v) is 2.08. The summed E-state index contributed by atoms with van der Waals surface area (Å²) in [7, 11) is 0. The maximum atomic E-state index is 13.8. The molecule has 0 aliphatic carbocycles. The molecular weight excluding hydrogens is 313 g/mol. The smallest absolute Gasteiger partial charge is 0.320 e. The van der Waals surface area contributed by atoms with E-state index in [0.29, 0.717) is 12.1 Å². The van der Waals surface area contributed by atoms with Crippen molar-refractivity contribution in [2.24, 2.45) is 5.73 Å². The van der Waals surface area contributed by atoms with Crippen molar-refractivity contribution in [3.8, 4) is 0 Å². The fourth-order valence-electron chi connectivity index (χ4n) is 1.89. The third-order valence-electron chi connectivity index (χ3n) is 2.97. The van der Waals surface area contributed by atoms with Crippen LogP contribution >= 0.6 is 11.6 Å². The van der Waals surface area contributed by atoms with Gasteiger partial charge in [0, 0.05) is 5.56 Å². The van der Waals surface area contributed by atoms with Gasteiger partial charge in [-0.25, -0.2) is 8.78 Å². The van der Waals surface area contributed by atoms with E-state index in [4.69, 9.17) is 17.3 Å². The zero-order chi connectivity index (χ0) is 15.8. The van der Waals surface area contributed by atoms with Crippen LogP contribution in [0.5, 0.6) is 0 Å². The average molecular weight is 322 g/mol. The van der Waals surface area contributed by atoms with Crippen LogP contribution in [0.3, 0.4) is 0 Å². The maximum absolute atomic E-state index is 13.8. The highest BCUT2D eigenvalue weighted by Crippen LogP contribution is 2.34. The summed E-state index contributed by atoms with van der Waals surface area (Å²) in [5.41, 5.74) is 4.18. The summed E-state index contributed by atoms with van der Waals surface area (Å²) in [6.07, 6.45) is -4.85. The Balaban J connectivity index is 2.49. The molecule has 0 spiro atoms. The van der Waals surface area contributed by atoms with Crippen molar-refractivity contribution in [1.82, 2.24) is 0 Å². The molecule has 2 aromatic rings. The van der Waals surface area contributed by atoms with E-state index in [1.807, 2.05) is 0 Å². The molecule has 0 aromatic heterocycles. The third-order valence-corrected chi connectivity index (χ3v) is 3.26. The van der Waals surface area contributed by atoms with Gasteiger partial charge in [-0.05, 0) is 23.8 Å². The van der Waals surface area contributed by atoms with Crippen LogP contribution in [0.4, 0.5) is 22.0 Å². The highest BCUT2D eigenvalue weighted by Gasteiger charge is 2.34. The Morgan fingerprint density at radius 3 is 2.33 bits per heavy atom. The molecular formula is C14H9ClF5N. The summed E-state index contributed by atoms with van der Waals surface area (Å²) in [5, 5.41) is -0.193. The molecule has 0 amide bonds. The molecule has 2 rings (SSSR count). The molecule has 21 heavy (non-hydrogen) atoms. The Labute approximate surface area is 122 Å². The lowest BCUT2D eigenvalue weighted by Gasteiger charge is -2.16. The van der Waals surface area contributed by atoms with Gasteiger partial charge in [0.25, 0.3) is 0 Å². The molecule has 0 aliphatic rings. The molecule has 0 saturated carbocycles. The molecule has 0 aliphatic heterocycles. The second-order valence-electron chi connectivity index (χ2n) is 4.36. The van der Waals surface area contributed by atoms with E-state index in [0.717, 1.165) is 6.07 Å². The van der Waals surface area contributed by atoms with Crippen LogP contribution < -0.4 is 5.73 Å². The second kappa shape index (κ2) is 5.61. The minimum absolute atomic E-state index is 0.0649. The number of halogens is 6. The topological polar surface area (TPSA) is 26.0 Å². The standard InChI is InChI=1S/C14H9ClF5N/c15-10-3-1-2-8(12(10)17)13(21)7-4-5-11(16)9(6-7)14(18,19)20/h1-6,13H,21H2. The van der Waals surface area contributed by atoms with E-state index in [2.05, 4.69) is 0 Å². The van der Waals surface area contributed by atoms with Gasteiger partial charge in [-0.2, -0.15) is 13.2 Å². The summed E-state index contributed by atoms with van der Waals surface area (Å²) in [5.74, 6) is -2.23. The molecule has 0 fully saturated rings.